The van der Waals surface area contributed by atoms with E-state index in [-0.39, 0.29) is 6.04 Å². The van der Waals surface area contributed by atoms with Gasteiger partial charge in [0.1, 0.15) is 0 Å². The van der Waals surface area contributed by atoms with Gasteiger partial charge >= 0.3 is 0 Å². The maximum absolute atomic E-state index is 12.5. The minimum Gasteiger partial charge on any atom is -0.293 e. The zero-order chi connectivity index (χ0) is 14.0. The number of Topliss-reactive ketones (excluding diaryl/α,β-unsaturated/α-hetero) is 1. The summed E-state index contributed by atoms with van der Waals surface area (Å²) in [5.41, 5.74) is 3.44. The van der Waals surface area contributed by atoms with Crippen LogP contribution in [0.4, 0.5) is 0 Å². The second-order valence-electron chi connectivity index (χ2n) is 5.85. The summed E-state index contributed by atoms with van der Waals surface area (Å²) < 4.78 is 0. The van der Waals surface area contributed by atoms with E-state index in [1.165, 1.54) is 11.1 Å². The topological polar surface area (TPSA) is 20.3 Å². The van der Waals surface area contributed by atoms with Gasteiger partial charge in [-0.25, -0.2) is 0 Å². The van der Waals surface area contributed by atoms with Crippen LogP contribution < -0.4 is 0 Å². The number of nitrogens with zero attached hydrogens (tertiary/aromatic N) is 1. The highest BCUT2D eigenvalue weighted by atomic mass is 16.1. The molecule has 0 N–H and O–H groups in total. The fourth-order valence-corrected chi connectivity index (χ4v) is 2.82. The molecule has 2 rings (SSSR count). The molecule has 0 bridgehead atoms. The average Bonchev–Trinajstić information content (AvgIpc) is 2.37. The van der Waals surface area contributed by atoms with Crippen molar-refractivity contribution in [3.8, 4) is 0 Å². The molecule has 1 aromatic carbocycles. The van der Waals surface area contributed by atoms with Crippen LogP contribution in [-0.4, -0.2) is 23.3 Å². The molecule has 0 saturated carbocycles. The van der Waals surface area contributed by atoms with Gasteiger partial charge < -0.3 is 0 Å². The van der Waals surface area contributed by atoms with E-state index in [1.807, 2.05) is 13.0 Å². The van der Waals surface area contributed by atoms with E-state index in [4.69, 9.17) is 0 Å². The van der Waals surface area contributed by atoms with Crippen molar-refractivity contribution >= 4 is 5.78 Å². The number of hydrogen-bond acceptors (Lipinski definition) is 2. The first kappa shape index (κ1) is 14.0. The second kappa shape index (κ2) is 5.70. The van der Waals surface area contributed by atoms with Crippen LogP contribution in [-0.2, 0) is 11.3 Å². The lowest BCUT2D eigenvalue weighted by Crippen LogP contribution is -2.48. The van der Waals surface area contributed by atoms with Gasteiger partial charge in [0.25, 0.3) is 0 Å². The van der Waals surface area contributed by atoms with E-state index in [0.717, 1.165) is 18.7 Å². The molecule has 1 unspecified atom stereocenters. The second-order valence-corrected chi connectivity index (χ2v) is 5.85. The highest BCUT2D eigenvalue weighted by Gasteiger charge is 2.34. The molecule has 19 heavy (non-hydrogen) atoms. The highest BCUT2D eigenvalue weighted by Crippen LogP contribution is 2.26. The molecule has 1 atom stereocenters. The molecule has 1 aliphatic heterocycles. The van der Waals surface area contributed by atoms with Gasteiger partial charge in [-0.1, -0.05) is 49.8 Å². The quantitative estimate of drug-likeness (QED) is 0.827. The van der Waals surface area contributed by atoms with Crippen LogP contribution in [0.5, 0.6) is 0 Å². The Morgan fingerprint density at radius 1 is 1.21 bits per heavy atom. The van der Waals surface area contributed by atoms with Gasteiger partial charge in [-0.2, -0.15) is 0 Å². The molecular weight excluding hydrogens is 234 g/mol. The molecule has 0 aromatic heterocycles. The maximum atomic E-state index is 12.5. The molecule has 1 aliphatic rings. The van der Waals surface area contributed by atoms with E-state index >= 15 is 0 Å². The molecule has 2 heteroatoms. The van der Waals surface area contributed by atoms with Crippen molar-refractivity contribution in [2.75, 3.05) is 6.54 Å². The standard InChI is InChI=1S/C17H23NO/c1-12(2)16-17(19)14(4)13(3)10-18(16)11-15-8-6-5-7-9-15/h5-9,12,16H,10-11H2,1-4H3. The Morgan fingerprint density at radius 2 is 1.84 bits per heavy atom. The fourth-order valence-electron chi connectivity index (χ4n) is 2.82. The number of ketones is 1. The summed E-state index contributed by atoms with van der Waals surface area (Å²) in [4.78, 5) is 14.8. The van der Waals surface area contributed by atoms with Gasteiger partial charge in [-0.15, -0.1) is 0 Å². The summed E-state index contributed by atoms with van der Waals surface area (Å²) in [6.45, 7) is 10.0. The lowest BCUT2D eigenvalue weighted by Gasteiger charge is -2.38. The molecule has 2 nitrogen and oxygen atoms in total. The number of hydrogen-bond donors (Lipinski definition) is 0. The van der Waals surface area contributed by atoms with E-state index in [0.29, 0.717) is 11.7 Å². The first-order chi connectivity index (χ1) is 9.00. The number of carbonyl (C=O) groups excluding carboxylic acids is 1. The summed E-state index contributed by atoms with van der Waals surface area (Å²) in [5, 5.41) is 0. The largest absolute Gasteiger partial charge is 0.293 e. The molecule has 0 radical (unpaired) electrons. The Balaban J connectivity index is 2.25. The van der Waals surface area contributed by atoms with Crippen molar-refractivity contribution in [1.82, 2.24) is 4.90 Å². The lowest BCUT2D eigenvalue weighted by molar-refractivity contribution is -0.123. The fraction of sp³-hybridized carbons (Fsp3) is 0.471. The first-order valence-corrected chi connectivity index (χ1v) is 6.99. The van der Waals surface area contributed by atoms with Crippen LogP contribution in [0, 0.1) is 5.92 Å². The first-order valence-electron chi connectivity index (χ1n) is 6.99. The Labute approximate surface area is 116 Å². The van der Waals surface area contributed by atoms with Crippen LogP contribution in [0.3, 0.4) is 0 Å². The predicted octanol–water partition coefficient (Wildman–Crippen LogP) is 3.43. The van der Waals surface area contributed by atoms with E-state index in [2.05, 4.69) is 49.9 Å². The Hall–Kier alpha value is -1.41. The van der Waals surface area contributed by atoms with Gasteiger partial charge in [0.05, 0.1) is 6.04 Å². The third-order valence-electron chi connectivity index (χ3n) is 3.97. The Morgan fingerprint density at radius 3 is 2.42 bits per heavy atom. The predicted molar refractivity (Wildman–Crippen MR) is 78.9 cm³/mol. The molecule has 1 aromatic rings. The smallest absolute Gasteiger partial charge is 0.175 e. The van der Waals surface area contributed by atoms with Crippen LogP contribution >= 0.6 is 0 Å². The maximum Gasteiger partial charge on any atom is 0.175 e. The van der Waals surface area contributed by atoms with Crippen LogP contribution in [0.25, 0.3) is 0 Å². The summed E-state index contributed by atoms with van der Waals surface area (Å²) >= 11 is 0. The highest BCUT2D eigenvalue weighted by molar-refractivity contribution is 6.00. The normalized spacial score (nSPS) is 21.3. The Kier molecular flexibility index (Phi) is 4.20. The molecule has 1 heterocycles. The Bertz CT molecular complexity index is 487. The van der Waals surface area contributed by atoms with E-state index < -0.39 is 0 Å². The monoisotopic (exact) mass is 257 g/mol. The molecule has 0 saturated heterocycles. The molecule has 0 fully saturated rings. The van der Waals surface area contributed by atoms with Crippen LogP contribution in [0.2, 0.25) is 0 Å². The summed E-state index contributed by atoms with van der Waals surface area (Å²) in [6.07, 6.45) is 0. The zero-order valence-electron chi connectivity index (χ0n) is 12.3. The molecule has 102 valence electrons. The molecular formula is C17H23NO. The van der Waals surface area contributed by atoms with Gasteiger partial charge in [-0.3, -0.25) is 9.69 Å². The average molecular weight is 257 g/mol. The molecule has 0 spiro atoms. The van der Waals surface area contributed by atoms with E-state index in [1.54, 1.807) is 0 Å². The third-order valence-corrected chi connectivity index (χ3v) is 3.97. The van der Waals surface area contributed by atoms with E-state index in [9.17, 15) is 4.79 Å². The van der Waals surface area contributed by atoms with Crippen molar-refractivity contribution in [3.63, 3.8) is 0 Å². The minimum atomic E-state index is 0.0175. The van der Waals surface area contributed by atoms with Crippen molar-refractivity contribution in [2.45, 2.75) is 40.3 Å². The van der Waals surface area contributed by atoms with Crippen LogP contribution in [0.15, 0.2) is 41.5 Å². The summed E-state index contributed by atoms with van der Waals surface area (Å²) in [7, 11) is 0. The van der Waals surface area contributed by atoms with Crippen LogP contribution in [0.1, 0.15) is 33.3 Å². The van der Waals surface area contributed by atoms with Crippen molar-refractivity contribution in [3.05, 3.63) is 47.0 Å². The van der Waals surface area contributed by atoms with Crippen molar-refractivity contribution in [2.24, 2.45) is 5.92 Å². The van der Waals surface area contributed by atoms with Gasteiger partial charge in [0.15, 0.2) is 5.78 Å². The third kappa shape index (κ3) is 2.95. The minimum absolute atomic E-state index is 0.0175. The van der Waals surface area contributed by atoms with Gasteiger partial charge in [0, 0.05) is 13.1 Å². The number of benzene rings is 1. The lowest BCUT2D eigenvalue weighted by atomic mass is 9.87. The SMILES string of the molecule is CC1=C(C)C(=O)C(C(C)C)N(Cc2ccccc2)C1. The number of rotatable bonds is 3. The summed E-state index contributed by atoms with van der Waals surface area (Å²) in [6, 6.07) is 10.4. The zero-order valence-corrected chi connectivity index (χ0v) is 12.3. The van der Waals surface area contributed by atoms with Gasteiger partial charge in [-0.05, 0) is 30.9 Å². The molecule has 0 amide bonds. The number of carbonyl (C=O) groups is 1. The van der Waals surface area contributed by atoms with Gasteiger partial charge in [0.2, 0.25) is 0 Å². The molecule has 0 aliphatic carbocycles. The summed E-state index contributed by atoms with van der Waals surface area (Å²) in [5.74, 6) is 0.647. The van der Waals surface area contributed by atoms with Crippen molar-refractivity contribution in [1.29, 1.82) is 0 Å². The van der Waals surface area contributed by atoms with Crippen molar-refractivity contribution < 1.29 is 4.79 Å².